The average Bonchev–Trinajstić information content (AvgIpc) is 2.45. The van der Waals surface area contributed by atoms with E-state index in [-0.39, 0.29) is 10.8 Å². The highest BCUT2D eigenvalue weighted by Gasteiger charge is 2.27. The Hall–Kier alpha value is -1.24. The molecule has 0 radical (unpaired) electrons. The lowest BCUT2D eigenvalue weighted by molar-refractivity contribution is 0.531. The maximum Gasteiger partial charge on any atom is 0.0431 e. The molecule has 0 unspecified atom stereocenters. The summed E-state index contributed by atoms with van der Waals surface area (Å²) in [6, 6.07) is 4.98. The molecule has 0 saturated carbocycles. The van der Waals surface area contributed by atoms with Crippen LogP contribution in [0.25, 0.3) is 0 Å². The number of allylic oxidation sites excluding steroid dienone is 2. The van der Waals surface area contributed by atoms with E-state index in [0.717, 1.165) is 0 Å². The molecule has 0 saturated heterocycles. The first-order valence-corrected chi connectivity index (χ1v) is 8.88. The molecular weight excluding hydrogens is 266 g/mol. The number of hydrogen-bond acceptors (Lipinski definition) is 1. The summed E-state index contributed by atoms with van der Waals surface area (Å²) in [7, 11) is 0. The highest BCUT2D eigenvalue weighted by molar-refractivity contribution is 5.64. The molecular formula is C21H31N. The minimum absolute atomic E-state index is 0.110. The Kier molecular flexibility index (Phi) is 3.87. The summed E-state index contributed by atoms with van der Waals surface area (Å²) >= 11 is 0. The highest BCUT2D eigenvalue weighted by Crippen LogP contribution is 2.39. The monoisotopic (exact) mass is 297 g/mol. The third-order valence-corrected chi connectivity index (χ3v) is 5.08. The summed E-state index contributed by atoms with van der Waals surface area (Å²) in [5.74, 6) is 0. The molecule has 22 heavy (non-hydrogen) atoms. The molecule has 0 amide bonds. The number of hydrogen-bond donors (Lipinski definition) is 0. The predicted octanol–water partition coefficient (Wildman–Crippen LogP) is 5.27. The van der Waals surface area contributed by atoms with Gasteiger partial charge in [-0.1, -0.05) is 58.9 Å². The molecule has 1 heteroatoms. The van der Waals surface area contributed by atoms with Crippen molar-refractivity contribution >= 4 is 5.69 Å². The van der Waals surface area contributed by atoms with Crippen molar-refractivity contribution in [2.24, 2.45) is 5.41 Å². The van der Waals surface area contributed by atoms with Crippen LogP contribution in [0.3, 0.4) is 0 Å². The second kappa shape index (κ2) is 5.44. The van der Waals surface area contributed by atoms with E-state index in [1.165, 1.54) is 44.3 Å². The van der Waals surface area contributed by atoms with Gasteiger partial charge in [-0.2, -0.15) is 0 Å². The van der Waals surface area contributed by atoms with Gasteiger partial charge in [0.2, 0.25) is 0 Å². The molecule has 0 bridgehead atoms. The van der Waals surface area contributed by atoms with Crippen LogP contribution in [0, 0.1) is 5.41 Å². The van der Waals surface area contributed by atoms with Crippen LogP contribution >= 0.6 is 0 Å². The average molecular weight is 297 g/mol. The van der Waals surface area contributed by atoms with Gasteiger partial charge in [0.1, 0.15) is 0 Å². The van der Waals surface area contributed by atoms with Crippen LogP contribution in [0.4, 0.5) is 5.69 Å². The lowest BCUT2D eigenvalue weighted by Crippen LogP contribution is -2.35. The topological polar surface area (TPSA) is 3.24 Å². The van der Waals surface area contributed by atoms with E-state index in [2.05, 4.69) is 63.8 Å². The van der Waals surface area contributed by atoms with Crippen molar-refractivity contribution in [3.8, 4) is 0 Å². The van der Waals surface area contributed by atoms with Crippen molar-refractivity contribution < 1.29 is 0 Å². The predicted molar refractivity (Wildman–Crippen MR) is 96.9 cm³/mol. The molecule has 0 atom stereocenters. The van der Waals surface area contributed by atoms with Crippen molar-refractivity contribution in [2.45, 2.75) is 65.7 Å². The standard InChI is InChI=1S/C21H31N/c1-20(2,3)10-11-21(4,5)18-14-16-8-6-12-22-13-7-9-17(15-18)19(16)22/h10-11,14-15H,6-9,12-13H2,1-5H3/b11-10+. The van der Waals surface area contributed by atoms with E-state index in [1.54, 1.807) is 16.8 Å². The molecule has 2 heterocycles. The smallest absolute Gasteiger partial charge is 0.0431 e. The number of anilines is 1. The molecule has 2 aliphatic rings. The fraction of sp³-hybridized carbons (Fsp3) is 0.619. The fourth-order valence-corrected chi connectivity index (χ4v) is 3.73. The second-order valence-corrected chi connectivity index (χ2v) is 8.76. The zero-order valence-corrected chi connectivity index (χ0v) is 15.0. The van der Waals surface area contributed by atoms with Gasteiger partial charge in [0.05, 0.1) is 0 Å². The molecule has 0 aliphatic carbocycles. The first-order valence-electron chi connectivity index (χ1n) is 8.88. The largest absolute Gasteiger partial charge is 0.371 e. The van der Waals surface area contributed by atoms with Crippen molar-refractivity contribution in [1.29, 1.82) is 0 Å². The fourth-order valence-electron chi connectivity index (χ4n) is 3.73. The summed E-state index contributed by atoms with van der Waals surface area (Å²) in [6.07, 6.45) is 9.91. The normalized spacial score (nSPS) is 18.7. The minimum atomic E-state index is 0.110. The molecule has 1 nitrogen and oxygen atoms in total. The van der Waals surface area contributed by atoms with Crippen LogP contribution in [-0.4, -0.2) is 13.1 Å². The molecule has 0 aromatic heterocycles. The second-order valence-electron chi connectivity index (χ2n) is 8.76. The summed E-state index contributed by atoms with van der Waals surface area (Å²) in [6.45, 7) is 14.0. The highest BCUT2D eigenvalue weighted by atomic mass is 15.1. The Bertz CT molecular complexity index is 555. The first kappa shape index (κ1) is 15.6. The van der Waals surface area contributed by atoms with Gasteiger partial charge < -0.3 is 4.90 Å². The Morgan fingerprint density at radius 1 is 0.864 bits per heavy atom. The van der Waals surface area contributed by atoms with E-state index >= 15 is 0 Å². The van der Waals surface area contributed by atoms with Crippen LogP contribution in [0.2, 0.25) is 0 Å². The first-order chi connectivity index (χ1) is 10.3. The van der Waals surface area contributed by atoms with Crippen LogP contribution in [0.5, 0.6) is 0 Å². The van der Waals surface area contributed by atoms with E-state index in [9.17, 15) is 0 Å². The van der Waals surface area contributed by atoms with Gasteiger partial charge in [0.25, 0.3) is 0 Å². The zero-order valence-electron chi connectivity index (χ0n) is 15.0. The molecule has 1 aromatic rings. The van der Waals surface area contributed by atoms with Gasteiger partial charge in [-0.25, -0.2) is 0 Å². The molecule has 2 aliphatic heterocycles. The van der Waals surface area contributed by atoms with Gasteiger partial charge in [-0.3, -0.25) is 0 Å². The van der Waals surface area contributed by atoms with Gasteiger partial charge in [0.15, 0.2) is 0 Å². The van der Waals surface area contributed by atoms with Crippen molar-refractivity contribution in [1.82, 2.24) is 0 Å². The third-order valence-electron chi connectivity index (χ3n) is 5.08. The molecule has 0 spiro atoms. The molecule has 0 N–H and O–H groups in total. The van der Waals surface area contributed by atoms with E-state index in [4.69, 9.17) is 0 Å². The maximum atomic E-state index is 2.62. The molecule has 0 fully saturated rings. The Balaban J connectivity index is 2.00. The lowest BCUT2D eigenvalue weighted by Gasteiger charge is -2.38. The lowest BCUT2D eigenvalue weighted by atomic mass is 9.78. The van der Waals surface area contributed by atoms with Crippen LogP contribution in [0.15, 0.2) is 24.3 Å². The zero-order chi connectivity index (χ0) is 16.0. The maximum absolute atomic E-state index is 2.62. The Labute approximate surface area is 136 Å². The molecule has 1 aromatic carbocycles. The summed E-state index contributed by atoms with van der Waals surface area (Å²) in [5, 5.41) is 0. The van der Waals surface area contributed by atoms with Crippen LogP contribution in [0.1, 0.15) is 64.2 Å². The van der Waals surface area contributed by atoms with Crippen molar-refractivity contribution in [2.75, 3.05) is 18.0 Å². The number of rotatable bonds is 2. The number of nitrogens with zero attached hydrogens (tertiary/aromatic N) is 1. The van der Waals surface area contributed by atoms with E-state index < -0.39 is 0 Å². The SMILES string of the molecule is CC(C)(C)/C=C/C(C)(C)c1cc2c3c(c1)CCCN3CCC2. The van der Waals surface area contributed by atoms with E-state index in [0.29, 0.717) is 0 Å². The minimum Gasteiger partial charge on any atom is -0.371 e. The van der Waals surface area contributed by atoms with Crippen LogP contribution in [-0.2, 0) is 18.3 Å². The Morgan fingerprint density at radius 3 is 1.91 bits per heavy atom. The summed E-state index contributed by atoms with van der Waals surface area (Å²) in [5.41, 5.74) is 6.61. The summed E-state index contributed by atoms with van der Waals surface area (Å²) < 4.78 is 0. The van der Waals surface area contributed by atoms with Gasteiger partial charge in [-0.05, 0) is 47.8 Å². The summed E-state index contributed by atoms with van der Waals surface area (Å²) in [4.78, 5) is 2.62. The quantitative estimate of drug-likeness (QED) is 0.673. The molecule has 3 rings (SSSR count). The third kappa shape index (κ3) is 3.09. The van der Waals surface area contributed by atoms with Gasteiger partial charge >= 0.3 is 0 Å². The van der Waals surface area contributed by atoms with Crippen molar-refractivity contribution in [3.05, 3.63) is 41.0 Å². The molecule has 120 valence electrons. The van der Waals surface area contributed by atoms with Crippen LogP contribution < -0.4 is 4.90 Å². The number of aryl methyl sites for hydroxylation is 2. The van der Waals surface area contributed by atoms with Crippen molar-refractivity contribution in [3.63, 3.8) is 0 Å². The van der Waals surface area contributed by atoms with E-state index in [1.807, 2.05) is 0 Å². The Morgan fingerprint density at radius 2 is 1.41 bits per heavy atom. The number of benzene rings is 1. The van der Waals surface area contributed by atoms with Gasteiger partial charge in [0, 0.05) is 24.2 Å². The van der Waals surface area contributed by atoms with Gasteiger partial charge in [-0.15, -0.1) is 0 Å².